The summed E-state index contributed by atoms with van der Waals surface area (Å²) in [5, 5.41) is 11.4. The molecule has 0 heterocycles. The highest BCUT2D eigenvalue weighted by Crippen LogP contribution is 2.21. The molecule has 2 rings (SSSR count). The molecule has 0 aliphatic rings. The van der Waals surface area contributed by atoms with Crippen LogP contribution in [0.1, 0.15) is 45.1 Å². The van der Waals surface area contributed by atoms with Gasteiger partial charge in [0.25, 0.3) is 0 Å². The average Bonchev–Trinajstić information content (AvgIpc) is 2.73. The van der Waals surface area contributed by atoms with E-state index in [4.69, 9.17) is 9.84 Å². The highest BCUT2D eigenvalue weighted by molar-refractivity contribution is 5.88. The van der Waals surface area contributed by atoms with E-state index in [9.17, 15) is 14.4 Å². The third-order valence-corrected chi connectivity index (χ3v) is 4.91. The first kappa shape index (κ1) is 23.1. The quantitative estimate of drug-likeness (QED) is 0.546. The van der Waals surface area contributed by atoms with E-state index in [0.717, 1.165) is 23.1 Å². The third kappa shape index (κ3) is 7.03. The van der Waals surface area contributed by atoms with Gasteiger partial charge in [-0.3, -0.25) is 9.59 Å². The second-order valence-corrected chi connectivity index (χ2v) is 7.41. The van der Waals surface area contributed by atoms with Crippen LogP contribution in [0.4, 0.5) is 0 Å². The smallest absolute Gasteiger partial charge is 0.331 e. The van der Waals surface area contributed by atoms with Gasteiger partial charge < -0.3 is 15.2 Å². The van der Waals surface area contributed by atoms with Gasteiger partial charge in [-0.1, -0.05) is 54.6 Å². The van der Waals surface area contributed by atoms with Crippen LogP contribution in [0.5, 0.6) is 0 Å². The Kier molecular flexibility index (Phi) is 8.59. The van der Waals surface area contributed by atoms with Crippen molar-refractivity contribution < 1.29 is 24.2 Å². The maximum absolute atomic E-state index is 12.4. The minimum Gasteiger partial charge on any atom is -0.481 e. The van der Waals surface area contributed by atoms with E-state index in [-0.39, 0.29) is 19.4 Å². The molecule has 0 saturated carbocycles. The minimum atomic E-state index is -1.18. The Morgan fingerprint density at radius 3 is 2.20 bits per heavy atom. The lowest BCUT2D eigenvalue weighted by molar-refractivity contribution is -0.153. The summed E-state index contributed by atoms with van der Waals surface area (Å²) in [6, 6.07) is 18.4. The Morgan fingerprint density at radius 2 is 1.60 bits per heavy atom. The normalized spacial score (nSPS) is 12.6. The standard InChI is InChI=1S/C24H29NO5/c1-3-30-23(29)24(2,25-21(26)15-16-22(27)28)17-7-8-18-11-13-20(14-12-18)19-9-5-4-6-10-19/h4-6,9-14H,3,7-8,15-17H2,1-2H3,(H,25,26)(H,27,28). The summed E-state index contributed by atoms with van der Waals surface area (Å²) in [5.41, 5.74) is 2.25. The maximum atomic E-state index is 12.4. The number of aliphatic carboxylic acids is 1. The first-order valence-corrected chi connectivity index (χ1v) is 10.2. The molecule has 6 nitrogen and oxygen atoms in total. The fraction of sp³-hybridized carbons (Fsp3) is 0.375. The van der Waals surface area contributed by atoms with Crippen molar-refractivity contribution in [2.75, 3.05) is 6.61 Å². The monoisotopic (exact) mass is 411 g/mol. The summed E-state index contributed by atoms with van der Waals surface area (Å²) >= 11 is 0. The van der Waals surface area contributed by atoms with Gasteiger partial charge in [0, 0.05) is 6.42 Å². The van der Waals surface area contributed by atoms with E-state index in [2.05, 4.69) is 41.7 Å². The molecule has 6 heteroatoms. The number of amides is 1. The molecule has 1 unspecified atom stereocenters. The maximum Gasteiger partial charge on any atom is 0.331 e. The van der Waals surface area contributed by atoms with E-state index < -0.39 is 23.4 Å². The molecule has 2 aromatic carbocycles. The molecule has 0 aliphatic heterocycles. The van der Waals surface area contributed by atoms with Gasteiger partial charge in [0.15, 0.2) is 0 Å². The molecule has 0 radical (unpaired) electrons. The van der Waals surface area contributed by atoms with Gasteiger partial charge in [0.2, 0.25) is 5.91 Å². The average molecular weight is 411 g/mol. The van der Waals surface area contributed by atoms with Crippen molar-refractivity contribution in [1.82, 2.24) is 5.32 Å². The fourth-order valence-corrected chi connectivity index (χ4v) is 3.24. The summed E-state index contributed by atoms with van der Waals surface area (Å²) in [6.07, 6.45) is 1.35. The molecule has 160 valence electrons. The highest BCUT2D eigenvalue weighted by atomic mass is 16.5. The Labute approximate surface area is 177 Å². The van der Waals surface area contributed by atoms with Crippen LogP contribution in [0.15, 0.2) is 54.6 Å². The van der Waals surface area contributed by atoms with Crippen LogP contribution in [0.25, 0.3) is 11.1 Å². The van der Waals surface area contributed by atoms with Crippen LogP contribution in [0.2, 0.25) is 0 Å². The Hall–Kier alpha value is -3.15. The first-order valence-electron chi connectivity index (χ1n) is 10.2. The molecular weight excluding hydrogens is 382 g/mol. The van der Waals surface area contributed by atoms with E-state index >= 15 is 0 Å². The van der Waals surface area contributed by atoms with Crippen molar-refractivity contribution >= 4 is 17.8 Å². The topological polar surface area (TPSA) is 92.7 Å². The zero-order valence-corrected chi connectivity index (χ0v) is 17.5. The number of ether oxygens (including phenoxy) is 1. The lowest BCUT2D eigenvalue weighted by Gasteiger charge is -2.28. The van der Waals surface area contributed by atoms with E-state index in [1.165, 1.54) is 0 Å². The zero-order valence-electron chi connectivity index (χ0n) is 17.5. The number of benzene rings is 2. The van der Waals surface area contributed by atoms with Gasteiger partial charge in [0.05, 0.1) is 13.0 Å². The van der Waals surface area contributed by atoms with Crippen LogP contribution in [0.3, 0.4) is 0 Å². The number of carbonyl (C=O) groups excluding carboxylic acids is 2. The third-order valence-electron chi connectivity index (χ3n) is 4.91. The fourth-order valence-electron chi connectivity index (χ4n) is 3.24. The number of hydrogen-bond acceptors (Lipinski definition) is 4. The van der Waals surface area contributed by atoms with Crippen molar-refractivity contribution in [1.29, 1.82) is 0 Å². The number of carboxylic acid groups (broad SMARTS) is 1. The molecule has 2 aromatic rings. The van der Waals surface area contributed by atoms with Gasteiger partial charge in [-0.15, -0.1) is 0 Å². The largest absolute Gasteiger partial charge is 0.481 e. The van der Waals surface area contributed by atoms with Crippen molar-refractivity contribution in [3.8, 4) is 11.1 Å². The Bertz CT molecular complexity index is 848. The number of aryl methyl sites for hydroxylation is 1. The van der Waals surface area contributed by atoms with Gasteiger partial charge in [-0.2, -0.15) is 0 Å². The second kappa shape index (κ2) is 11.1. The number of nitrogens with one attached hydrogen (secondary N) is 1. The first-order chi connectivity index (χ1) is 14.3. The van der Waals surface area contributed by atoms with E-state index in [1.807, 2.05) is 18.2 Å². The lowest BCUT2D eigenvalue weighted by atomic mass is 9.92. The van der Waals surface area contributed by atoms with Crippen molar-refractivity contribution in [3.05, 3.63) is 60.2 Å². The summed E-state index contributed by atoms with van der Waals surface area (Å²) in [6.45, 7) is 3.54. The Morgan fingerprint density at radius 1 is 0.967 bits per heavy atom. The van der Waals surface area contributed by atoms with Gasteiger partial charge in [-0.25, -0.2) is 4.79 Å². The minimum absolute atomic E-state index is 0.175. The van der Waals surface area contributed by atoms with Crippen LogP contribution < -0.4 is 5.32 Å². The number of hydrogen-bond donors (Lipinski definition) is 2. The molecule has 30 heavy (non-hydrogen) atoms. The molecule has 2 N–H and O–H groups in total. The number of rotatable bonds is 11. The number of carbonyl (C=O) groups is 3. The number of esters is 1. The van der Waals surface area contributed by atoms with Gasteiger partial charge >= 0.3 is 11.9 Å². The van der Waals surface area contributed by atoms with Crippen LogP contribution >= 0.6 is 0 Å². The summed E-state index contributed by atoms with van der Waals surface area (Å²) < 4.78 is 5.13. The predicted molar refractivity (Wildman–Crippen MR) is 115 cm³/mol. The van der Waals surface area contributed by atoms with Crippen LogP contribution in [-0.4, -0.2) is 35.1 Å². The van der Waals surface area contributed by atoms with Crippen molar-refractivity contribution in [3.63, 3.8) is 0 Å². The van der Waals surface area contributed by atoms with Gasteiger partial charge in [0.1, 0.15) is 5.54 Å². The SMILES string of the molecule is CCOC(=O)C(C)(CCCc1ccc(-c2ccccc2)cc1)NC(=O)CCC(=O)O. The molecule has 1 atom stereocenters. The summed E-state index contributed by atoms with van der Waals surface area (Å²) in [5.74, 6) is -2.03. The zero-order chi connectivity index (χ0) is 22.0. The molecule has 0 bridgehead atoms. The molecule has 0 spiro atoms. The Balaban J connectivity index is 1.96. The van der Waals surface area contributed by atoms with E-state index in [1.54, 1.807) is 13.8 Å². The summed E-state index contributed by atoms with van der Waals surface area (Å²) in [7, 11) is 0. The molecular formula is C24H29NO5. The van der Waals surface area contributed by atoms with Crippen LogP contribution in [0, 0.1) is 0 Å². The van der Waals surface area contributed by atoms with Crippen LogP contribution in [-0.2, 0) is 25.5 Å². The highest BCUT2D eigenvalue weighted by Gasteiger charge is 2.35. The van der Waals surface area contributed by atoms with Gasteiger partial charge in [-0.05, 0) is 49.8 Å². The second-order valence-electron chi connectivity index (χ2n) is 7.41. The molecule has 0 aromatic heterocycles. The van der Waals surface area contributed by atoms with E-state index in [0.29, 0.717) is 12.8 Å². The summed E-state index contributed by atoms with van der Waals surface area (Å²) in [4.78, 5) is 35.2. The molecule has 1 amide bonds. The lowest BCUT2D eigenvalue weighted by Crippen LogP contribution is -2.53. The molecule has 0 aliphatic carbocycles. The predicted octanol–water partition coefficient (Wildman–Crippen LogP) is 3.98. The number of carboxylic acids is 1. The molecule has 0 fully saturated rings. The van der Waals surface area contributed by atoms with Crippen molar-refractivity contribution in [2.45, 2.75) is 51.5 Å². The van der Waals surface area contributed by atoms with Crippen molar-refractivity contribution in [2.24, 2.45) is 0 Å². The molecule has 0 saturated heterocycles.